The SMILES string of the molecule is CCNC(=O)CNc1cc(-c2cnn(-c3ccccn3)c2)c(Cl)cn1. The zero-order valence-corrected chi connectivity index (χ0v) is 14.4. The molecule has 25 heavy (non-hydrogen) atoms. The Morgan fingerprint density at radius 2 is 2.16 bits per heavy atom. The van der Waals surface area contributed by atoms with Crippen LogP contribution in [-0.4, -0.2) is 38.7 Å². The van der Waals surface area contributed by atoms with Gasteiger partial charge < -0.3 is 10.6 Å². The molecule has 2 N–H and O–H groups in total. The second kappa shape index (κ2) is 7.76. The lowest BCUT2D eigenvalue weighted by atomic mass is 10.1. The first-order chi connectivity index (χ1) is 12.2. The van der Waals surface area contributed by atoms with E-state index in [9.17, 15) is 4.79 Å². The predicted molar refractivity (Wildman–Crippen MR) is 96.8 cm³/mol. The average Bonchev–Trinajstić information content (AvgIpc) is 3.12. The van der Waals surface area contributed by atoms with Gasteiger partial charge in [-0.3, -0.25) is 4.79 Å². The number of nitrogens with one attached hydrogen (secondary N) is 2. The lowest BCUT2D eigenvalue weighted by molar-refractivity contribution is -0.119. The van der Waals surface area contributed by atoms with Crippen LogP contribution >= 0.6 is 11.6 Å². The summed E-state index contributed by atoms with van der Waals surface area (Å²) in [5.74, 6) is 1.19. The van der Waals surface area contributed by atoms with Crippen molar-refractivity contribution in [2.45, 2.75) is 6.92 Å². The van der Waals surface area contributed by atoms with Gasteiger partial charge in [-0.05, 0) is 25.1 Å². The molecule has 3 heterocycles. The molecule has 0 aliphatic carbocycles. The molecule has 0 aliphatic rings. The highest BCUT2D eigenvalue weighted by Crippen LogP contribution is 2.29. The first-order valence-electron chi connectivity index (χ1n) is 7.80. The number of hydrogen-bond donors (Lipinski definition) is 2. The Morgan fingerprint density at radius 3 is 2.92 bits per heavy atom. The fourth-order valence-corrected chi connectivity index (χ4v) is 2.48. The Morgan fingerprint density at radius 1 is 1.28 bits per heavy atom. The Kier molecular flexibility index (Phi) is 5.25. The van der Waals surface area contributed by atoms with Crippen LogP contribution in [0.3, 0.4) is 0 Å². The molecule has 8 heteroatoms. The largest absolute Gasteiger partial charge is 0.361 e. The quantitative estimate of drug-likeness (QED) is 0.709. The molecule has 3 aromatic heterocycles. The summed E-state index contributed by atoms with van der Waals surface area (Å²) in [5.41, 5.74) is 1.61. The van der Waals surface area contributed by atoms with E-state index in [4.69, 9.17) is 11.6 Å². The van der Waals surface area contributed by atoms with E-state index in [1.54, 1.807) is 29.3 Å². The number of amides is 1. The third-order valence-electron chi connectivity index (χ3n) is 3.44. The molecule has 1 amide bonds. The Labute approximate surface area is 150 Å². The number of nitrogens with zero attached hydrogens (tertiary/aromatic N) is 4. The number of anilines is 1. The second-order valence-electron chi connectivity index (χ2n) is 5.22. The van der Waals surface area contributed by atoms with Gasteiger partial charge in [-0.25, -0.2) is 14.6 Å². The number of aromatic nitrogens is 4. The third kappa shape index (κ3) is 4.13. The van der Waals surface area contributed by atoms with Crippen LogP contribution in [0.2, 0.25) is 5.02 Å². The van der Waals surface area contributed by atoms with Gasteiger partial charge in [0.2, 0.25) is 5.91 Å². The number of carbonyl (C=O) groups excluding carboxylic acids is 1. The van der Waals surface area contributed by atoms with Crippen molar-refractivity contribution >= 4 is 23.3 Å². The summed E-state index contributed by atoms with van der Waals surface area (Å²) < 4.78 is 1.67. The van der Waals surface area contributed by atoms with Gasteiger partial charge in [0.15, 0.2) is 5.82 Å². The van der Waals surface area contributed by atoms with Gasteiger partial charge in [-0.2, -0.15) is 5.10 Å². The molecule has 0 unspecified atom stereocenters. The molecular weight excluding hydrogens is 340 g/mol. The normalized spacial score (nSPS) is 10.5. The van der Waals surface area contributed by atoms with Crippen molar-refractivity contribution in [3.05, 3.63) is 54.1 Å². The van der Waals surface area contributed by atoms with Crippen molar-refractivity contribution in [1.82, 2.24) is 25.1 Å². The van der Waals surface area contributed by atoms with Gasteiger partial charge in [0.1, 0.15) is 5.82 Å². The Bertz CT molecular complexity index is 865. The Balaban J connectivity index is 1.81. The molecule has 0 saturated carbocycles. The van der Waals surface area contributed by atoms with Crippen molar-refractivity contribution < 1.29 is 4.79 Å². The van der Waals surface area contributed by atoms with Crippen molar-refractivity contribution in [1.29, 1.82) is 0 Å². The van der Waals surface area contributed by atoms with Crippen LogP contribution in [0.25, 0.3) is 16.9 Å². The van der Waals surface area contributed by atoms with Gasteiger partial charge in [-0.15, -0.1) is 0 Å². The molecule has 0 atom stereocenters. The molecule has 0 saturated heterocycles. The van der Waals surface area contributed by atoms with Crippen molar-refractivity contribution in [2.75, 3.05) is 18.4 Å². The van der Waals surface area contributed by atoms with Crippen molar-refractivity contribution in [3.8, 4) is 16.9 Å². The minimum Gasteiger partial charge on any atom is -0.361 e. The summed E-state index contributed by atoms with van der Waals surface area (Å²) in [5, 5.41) is 10.5. The lowest BCUT2D eigenvalue weighted by Gasteiger charge is -2.08. The van der Waals surface area contributed by atoms with Crippen molar-refractivity contribution in [2.24, 2.45) is 0 Å². The van der Waals surface area contributed by atoms with Crippen LogP contribution in [-0.2, 0) is 4.79 Å². The lowest BCUT2D eigenvalue weighted by Crippen LogP contribution is -2.29. The first-order valence-corrected chi connectivity index (χ1v) is 8.17. The minimum atomic E-state index is -0.0937. The van der Waals surface area contributed by atoms with E-state index in [0.717, 1.165) is 11.1 Å². The number of likely N-dealkylation sites (N-methyl/N-ethyl adjacent to an activating group) is 1. The molecule has 0 fully saturated rings. The van der Waals surface area contributed by atoms with Gasteiger partial charge in [0.25, 0.3) is 0 Å². The van der Waals surface area contributed by atoms with E-state index >= 15 is 0 Å². The molecule has 3 aromatic rings. The predicted octanol–water partition coefficient (Wildman–Crippen LogP) is 2.53. The summed E-state index contributed by atoms with van der Waals surface area (Å²) in [6.07, 6.45) is 6.81. The molecular formula is C17H17ClN6O. The maximum absolute atomic E-state index is 11.6. The van der Waals surface area contributed by atoms with Crippen LogP contribution in [0, 0.1) is 0 Å². The summed E-state index contributed by atoms with van der Waals surface area (Å²) in [6, 6.07) is 7.40. The highest BCUT2D eigenvalue weighted by atomic mass is 35.5. The van der Waals surface area contributed by atoms with Gasteiger partial charge in [0.05, 0.1) is 17.8 Å². The summed E-state index contributed by atoms with van der Waals surface area (Å²) in [6.45, 7) is 2.61. The number of carbonyl (C=O) groups is 1. The first kappa shape index (κ1) is 16.9. The highest BCUT2D eigenvalue weighted by Gasteiger charge is 2.10. The fraction of sp³-hybridized carbons (Fsp3) is 0.176. The van der Waals surface area contributed by atoms with Crippen LogP contribution in [0.15, 0.2) is 49.1 Å². The maximum Gasteiger partial charge on any atom is 0.239 e. The fourth-order valence-electron chi connectivity index (χ4n) is 2.26. The molecule has 0 aromatic carbocycles. The minimum absolute atomic E-state index is 0.0937. The van der Waals surface area contributed by atoms with Gasteiger partial charge in [0, 0.05) is 36.3 Å². The van der Waals surface area contributed by atoms with E-state index in [1.807, 2.05) is 31.3 Å². The number of rotatable bonds is 6. The summed E-state index contributed by atoms with van der Waals surface area (Å²) >= 11 is 6.28. The summed E-state index contributed by atoms with van der Waals surface area (Å²) in [4.78, 5) is 20.0. The van der Waals surface area contributed by atoms with Crippen LogP contribution in [0.1, 0.15) is 6.92 Å². The van der Waals surface area contributed by atoms with E-state index in [2.05, 4.69) is 25.7 Å². The van der Waals surface area contributed by atoms with Crippen LogP contribution in [0.5, 0.6) is 0 Å². The number of halogens is 1. The zero-order valence-electron chi connectivity index (χ0n) is 13.6. The monoisotopic (exact) mass is 356 g/mol. The average molecular weight is 357 g/mol. The topological polar surface area (TPSA) is 84.7 Å². The Hall–Kier alpha value is -2.93. The van der Waals surface area contributed by atoms with Crippen LogP contribution in [0.4, 0.5) is 5.82 Å². The van der Waals surface area contributed by atoms with Gasteiger partial charge >= 0.3 is 0 Å². The maximum atomic E-state index is 11.6. The van der Waals surface area contributed by atoms with E-state index in [1.165, 1.54) is 0 Å². The number of pyridine rings is 2. The molecule has 128 valence electrons. The highest BCUT2D eigenvalue weighted by molar-refractivity contribution is 6.33. The molecule has 0 radical (unpaired) electrons. The molecule has 0 spiro atoms. The smallest absolute Gasteiger partial charge is 0.239 e. The van der Waals surface area contributed by atoms with E-state index < -0.39 is 0 Å². The van der Waals surface area contributed by atoms with Crippen molar-refractivity contribution in [3.63, 3.8) is 0 Å². The third-order valence-corrected chi connectivity index (χ3v) is 3.74. The molecule has 7 nitrogen and oxygen atoms in total. The number of hydrogen-bond acceptors (Lipinski definition) is 5. The van der Waals surface area contributed by atoms with E-state index in [-0.39, 0.29) is 12.5 Å². The molecule has 0 aliphatic heterocycles. The standard InChI is InChI=1S/C17H17ClN6O/c1-2-19-17(25)10-22-15-7-13(14(18)9-21-15)12-8-23-24(11-12)16-5-3-4-6-20-16/h3-9,11H,2,10H2,1H3,(H,19,25)(H,21,22). The second-order valence-corrected chi connectivity index (χ2v) is 5.63. The summed E-state index contributed by atoms with van der Waals surface area (Å²) in [7, 11) is 0. The molecule has 0 bridgehead atoms. The van der Waals surface area contributed by atoms with Crippen LogP contribution < -0.4 is 10.6 Å². The van der Waals surface area contributed by atoms with E-state index in [0.29, 0.717) is 23.2 Å². The zero-order chi connectivity index (χ0) is 17.6. The van der Waals surface area contributed by atoms with Gasteiger partial charge in [-0.1, -0.05) is 17.7 Å². The molecule has 3 rings (SSSR count).